The van der Waals surface area contributed by atoms with E-state index in [2.05, 4.69) is 6.92 Å². The molecule has 0 N–H and O–H groups in total. The molecule has 0 spiro atoms. The summed E-state index contributed by atoms with van der Waals surface area (Å²) in [6, 6.07) is 3.84. The highest BCUT2D eigenvalue weighted by Gasteiger charge is 2.01. The fourth-order valence-corrected chi connectivity index (χ4v) is 1.47. The van der Waals surface area contributed by atoms with Crippen LogP contribution in [0.15, 0.2) is 12.1 Å². The van der Waals surface area contributed by atoms with Gasteiger partial charge in [0.2, 0.25) is 0 Å². The Balaban J connectivity index is 3.21. The largest absolute Gasteiger partial charge is 0.0827 e. The lowest BCUT2D eigenvalue weighted by atomic mass is 10.1. The third-order valence-electron chi connectivity index (χ3n) is 1.76. The van der Waals surface area contributed by atoms with Crippen LogP contribution in [0.3, 0.4) is 0 Å². The van der Waals surface area contributed by atoms with Gasteiger partial charge in [-0.3, -0.25) is 0 Å². The summed E-state index contributed by atoms with van der Waals surface area (Å²) in [6.07, 6.45) is 1.00. The maximum atomic E-state index is 5.83. The number of hydrogen-bond acceptors (Lipinski definition) is 0. The maximum Gasteiger partial charge on any atom is 0.0595 e. The first-order valence-corrected chi connectivity index (χ1v) is 4.35. The van der Waals surface area contributed by atoms with Crippen LogP contribution in [-0.2, 0) is 6.42 Å². The van der Waals surface area contributed by atoms with Gasteiger partial charge in [-0.2, -0.15) is 0 Å². The molecule has 1 rings (SSSR count). The zero-order valence-corrected chi connectivity index (χ0v) is 8.13. The van der Waals surface area contributed by atoms with Gasteiger partial charge in [-0.05, 0) is 36.6 Å². The molecule has 0 amide bonds. The van der Waals surface area contributed by atoms with E-state index in [-0.39, 0.29) is 0 Å². The third kappa shape index (κ3) is 1.88. The summed E-state index contributed by atoms with van der Waals surface area (Å²) in [6.45, 7) is 4.15. The summed E-state index contributed by atoms with van der Waals surface area (Å²) in [4.78, 5) is 0. The first-order valence-electron chi connectivity index (χ1n) is 3.59. The summed E-state index contributed by atoms with van der Waals surface area (Å²) in [5.74, 6) is 0. The molecule has 0 aliphatic rings. The summed E-state index contributed by atoms with van der Waals surface area (Å²) in [5, 5.41) is 1.29. The smallest absolute Gasteiger partial charge is 0.0595 e. The molecule has 0 radical (unpaired) electrons. The van der Waals surface area contributed by atoms with Crippen molar-refractivity contribution in [2.75, 3.05) is 0 Å². The standard InChI is InChI=1S/C9H10Cl2/c1-3-7-5-9(11)8(10)4-6(7)2/h4-5H,3H2,1-2H3. The lowest BCUT2D eigenvalue weighted by molar-refractivity contribution is 1.11. The quantitative estimate of drug-likeness (QED) is 0.629. The summed E-state index contributed by atoms with van der Waals surface area (Å²) < 4.78 is 0. The van der Waals surface area contributed by atoms with Gasteiger partial charge in [0.1, 0.15) is 0 Å². The Labute approximate surface area is 77.1 Å². The lowest BCUT2D eigenvalue weighted by Gasteiger charge is -2.04. The van der Waals surface area contributed by atoms with Gasteiger partial charge in [-0.15, -0.1) is 0 Å². The molecule has 0 nitrogen and oxygen atoms in total. The van der Waals surface area contributed by atoms with Gasteiger partial charge in [0, 0.05) is 0 Å². The van der Waals surface area contributed by atoms with Crippen LogP contribution < -0.4 is 0 Å². The van der Waals surface area contributed by atoms with Gasteiger partial charge < -0.3 is 0 Å². The predicted molar refractivity (Wildman–Crippen MR) is 50.6 cm³/mol. The minimum Gasteiger partial charge on any atom is -0.0827 e. The van der Waals surface area contributed by atoms with E-state index in [1.807, 2.05) is 19.1 Å². The highest BCUT2D eigenvalue weighted by Crippen LogP contribution is 2.25. The minimum atomic E-state index is 0.640. The Bertz CT molecular complexity index is 267. The Hall–Kier alpha value is -0.200. The molecule has 0 saturated heterocycles. The van der Waals surface area contributed by atoms with Crippen LogP contribution in [-0.4, -0.2) is 0 Å². The molecule has 11 heavy (non-hydrogen) atoms. The molecule has 60 valence electrons. The Morgan fingerprint density at radius 1 is 1.18 bits per heavy atom. The topological polar surface area (TPSA) is 0 Å². The van der Waals surface area contributed by atoms with Crippen molar-refractivity contribution < 1.29 is 0 Å². The van der Waals surface area contributed by atoms with E-state index in [9.17, 15) is 0 Å². The molecule has 0 aliphatic carbocycles. The monoisotopic (exact) mass is 188 g/mol. The van der Waals surface area contributed by atoms with Gasteiger partial charge in [-0.25, -0.2) is 0 Å². The van der Waals surface area contributed by atoms with Crippen molar-refractivity contribution in [3.8, 4) is 0 Å². The second-order valence-corrected chi connectivity index (χ2v) is 3.36. The van der Waals surface area contributed by atoms with Crippen LogP contribution in [0.2, 0.25) is 10.0 Å². The molecule has 0 aromatic heterocycles. The van der Waals surface area contributed by atoms with E-state index >= 15 is 0 Å². The molecule has 0 bridgehead atoms. The molecule has 0 atom stereocenters. The Morgan fingerprint density at radius 2 is 1.73 bits per heavy atom. The summed E-state index contributed by atoms with van der Waals surface area (Å²) >= 11 is 11.6. The predicted octanol–water partition coefficient (Wildman–Crippen LogP) is 3.86. The Morgan fingerprint density at radius 3 is 2.27 bits per heavy atom. The van der Waals surface area contributed by atoms with E-state index in [0.717, 1.165) is 6.42 Å². The van der Waals surface area contributed by atoms with E-state index in [4.69, 9.17) is 23.2 Å². The average Bonchev–Trinajstić information content (AvgIpc) is 1.97. The van der Waals surface area contributed by atoms with Gasteiger partial charge in [0.05, 0.1) is 10.0 Å². The normalized spacial score (nSPS) is 10.2. The first kappa shape index (κ1) is 8.89. The second-order valence-electron chi connectivity index (χ2n) is 2.55. The highest BCUT2D eigenvalue weighted by molar-refractivity contribution is 6.42. The molecule has 0 saturated carbocycles. The summed E-state index contributed by atoms with van der Waals surface area (Å²) in [7, 11) is 0. The molecule has 0 fully saturated rings. The number of rotatable bonds is 1. The van der Waals surface area contributed by atoms with E-state index in [1.54, 1.807) is 0 Å². The van der Waals surface area contributed by atoms with E-state index < -0.39 is 0 Å². The van der Waals surface area contributed by atoms with E-state index in [1.165, 1.54) is 11.1 Å². The van der Waals surface area contributed by atoms with Crippen molar-refractivity contribution in [3.63, 3.8) is 0 Å². The highest BCUT2D eigenvalue weighted by atomic mass is 35.5. The van der Waals surface area contributed by atoms with Crippen molar-refractivity contribution >= 4 is 23.2 Å². The van der Waals surface area contributed by atoms with Crippen LogP contribution in [0.25, 0.3) is 0 Å². The van der Waals surface area contributed by atoms with Crippen LogP contribution in [0, 0.1) is 6.92 Å². The van der Waals surface area contributed by atoms with Crippen LogP contribution in [0.4, 0.5) is 0 Å². The van der Waals surface area contributed by atoms with Gasteiger partial charge in [0.15, 0.2) is 0 Å². The summed E-state index contributed by atoms with van der Waals surface area (Å²) in [5.41, 5.74) is 2.47. The zero-order valence-electron chi connectivity index (χ0n) is 6.62. The van der Waals surface area contributed by atoms with Crippen molar-refractivity contribution in [2.24, 2.45) is 0 Å². The van der Waals surface area contributed by atoms with Gasteiger partial charge in [-0.1, -0.05) is 30.1 Å². The number of halogens is 2. The Kier molecular flexibility index (Phi) is 2.80. The van der Waals surface area contributed by atoms with Crippen molar-refractivity contribution in [2.45, 2.75) is 20.3 Å². The molecular formula is C9H10Cl2. The minimum absolute atomic E-state index is 0.640. The van der Waals surface area contributed by atoms with Crippen molar-refractivity contribution in [1.82, 2.24) is 0 Å². The van der Waals surface area contributed by atoms with Gasteiger partial charge in [0.25, 0.3) is 0 Å². The zero-order chi connectivity index (χ0) is 8.43. The van der Waals surface area contributed by atoms with Crippen LogP contribution >= 0.6 is 23.2 Å². The van der Waals surface area contributed by atoms with Crippen molar-refractivity contribution in [1.29, 1.82) is 0 Å². The average molecular weight is 189 g/mol. The molecular weight excluding hydrogens is 179 g/mol. The van der Waals surface area contributed by atoms with Crippen LogP contribution in [0.1, 0.15) is 18.1 Å². The van der Waals surface area contributed by atoms with Crippen molar-refractivity contribution in [3.05, 3.63) is 33.3 Å². The number of benzene rings is 1. The molecule has 1 aromatic rings. The van der Waals surface area contributed by atoms with E-state index in [0.29, 0.717) is 10.0 Å². The molecule has 0 aliphatic heterocycles. The molecule has 0 unspecified atom stereocenters. The number of hydrogen-bond donors (Lipinski definition) is 0. The fraction of sp³-hybridized carbons (Fsp3) is 0.333. The first-order chi connectivity index (χ1) is 5.15. The number of aryl methyl sites for hydroxylation is 2. The SMILES string of the molecule is CCc1cc(Cl)c(Cl)cc1C. The fourth-order valence-electron chi connectivity index (χ4n) is 1.07. The molecule has 1 aromatic carbocycles. The van der Waals surface area contributed by atoms with Gasteiger partial charge >= 0.3 is 0 Å². The third-order valence-corrected chi connectivity index (χ3v) is 2.48. The maximum absolute atomic E-state index is 5.83. The lowest BCUT2D eigenvalue weighted by Crippen LogP contribution is -1.86. The molecule has 2 heteroatoms. The molecule has 0 heterocycles. The second kappa shape index (κ2) is 3.46. The van der Waals surface area contributed by atoms with Crippen LogP contribution in [0.5, 0.6) is 0 Å².